The zero-order valence-electron chi connectivity index (χ0n) is 20.8. The van der Waals surface area contributed by atoms with Crippen LogP contribution in [0.15, 0.2) is 59.3 Å². The van der Waals surface area contributed by atoms with Crippen molar-refractivity contribution >= 4 is 0 Å². The molecule has 3 fully saturated rings. The first-order valence-corrected chi connectivity index (χ1v) is 12.7. The van der Waals surface area contributed by atoms with Crippen LogP contribution in [0.1, 0.15) is 64.7 Å². The molecule has 206 valence electrons. The van der Waals surface area contributed by atoms with Crippen LogP contribution in [0, 0.1) is 16.7 Å². The average molecular weight is 533 g/mol. The van der Waals surface area contributed by atoms with Crippen LogP contribution in [0.5, 0.6) is 0 Å². The smallest absolute Gasteiger partial charge is 0.393 e. The Kier molecular flexibility index (Phi) is 7.17. The minimum atomic E-state index is -5.87. The van der Waals surface area contributed by atoms with Gasteiger partial charge in [0, 0.05) is 6.42 Å². The van der Waals surface area contributed by atoms with Gasteiger partial charge in [-0.05, 0) is 85.3 Å². The second-order valence-electron chi connectivity index (χ2n) is 11.4. The molecule has 4 aliphatic rings. The minimum Gasteiger partial charge on any atom is -0.393 e. The number of hydrogen-bond donors (Lipinski definition) is 3. The van der Waals surface area contributed by atoms with E-state index in [0.29, 0.717) is 24.8 Å². The molecule has 0 heterocycles. The molecule has 0 spiro atoms. The molecule has 0 aromatic rings. The van der Waals surface area contributed by atoms with Crippen molar-refractivity contribution in [2.75, 3.05) is 0 Å². The SMILES string of the molecule is C=C1/C(=C\C=C2/CCC[C@]3(C)C(C4(C/C=C/C(O)(C(F)(F)F)C(F)(F)F)CC4)=CC[C@@H]23)C[C@@H](O)C[C@@H]1O. The van der Waals surface area contributed by atoms with Crippen LogP contribution in [0.3, 0.4) is 0 Å². The molecule has 0 bridgehead atoms. The van der Waals surface area contributed by atoms with Gasteiger partial charge >= 0.3 is 12.4 Å². The van der Waals surface area contributed by atoms with Crippen molar-refractivity contribution in [2.45, 2.75) is 94.9 Å². The Hall–Kier alpha value is -1.84. The summed E-state index contributed by atoms with van der Waals surface area (Å²) in [6, 6.07) is 0. The van der Waals surface area contributed by atoms with E-state index in [0.717, 1.165) is 42.9 Å². The molecule has 0 aromatic carbocycles. The van der Waals surface area contributed by atoms with Gasteiger partial charge in [0.05, 0.1) is 12.2 Å². The largest absolute Gasteiger partial charge is 0.429 e. The first-order valence-electron chi connectivity index (χ1n) is 12.7. The summed E-state index contributed by atoms with van der Waals surface area (Å²) in [6.45, 7) is 6.08. The Morgan fingerprint density at radius 3 is 2.30 bits per heavy atom. The second kappa shape index (κ2) is 9.42. The molecule has 0 aromatic heterocycles. The normalized spacial score (nSPS) is 34.8. The van der Waals surface area contributed by atoms with E-state index in [9.17, 15) is 41.7 Å². The van der Waals surface area contributed by atoms with Crippen molar-refractivity contribution < 1.29 is 41.7 Å². The fraction of sp³-hybridized carbons (Fsp3) is 0.643. The molecule has 0 radical (unpaired) electrons. The summed E-state index contributed by atoms with van der Waals surface area (Å²) in [5, 5.41) is 29.6. The van der Waals surface area contributed by atoms with Crippen molar-refractivity contribution in [3.05, 3.63) is 59.3 Å². The number of aliphatic hydroxyl groups excluding tert-OH is 2. The van der Waals surface area contributed by atoms with Crippen LogP contribution in [0.2, 0.25) is 0 Å². The van der Waals surface area contributed by atoms with Crippen molar-refractivity contribution in [2.24, 2.45) is 16.7 Å². The van der Waals surface area contributed by atoms with Gasteiger partial charge in [-0.15, -0.1) is 0 Å². The van der Waals surface area contributed by atoms with Crippen molar-refractivity contribution in [1.82, 2.24) is 0 Å². The third-order valence-electron chi connectivity index (χ3n) is 8.97. The van der Waals surface area contributed by atoms with Crippen molar-refractivity contribution in [3.63, 3.8) is 0 Å². The van der Waals surface area contributed by atoms with E-state index >= 15 is 0 Å². The fourth-order valence-corrected chi connectivity index (χ4v) is 6.65. The van der Waals surface area contributed by atoms with E-state index in [1.165, 1.54) is 5.57 Å². The lowest BCUT2D eigenvalue weighted by Crippen LogP contribution is -2.55. The van der Waals surface area contributed by atoms with Gasteiger partial charge < -0.3 is 15.3 Å². The number of halogens is 6. The monoisotopic (exact) mass is 532 g/mol. The average Bonchev–Trinajstić information content (AvgIpc) is 3.46. The quantitative estimate of drug-likeness (QED) is 0.275. The summed E-state index contributed by atoms with van der Waals surface area (Å²) < 4.78 is 78.4. The molecule has 4 aliphatic carbocycles. The lowest BCUT2D eigenvalue weighted by Gasteiger charge is -2.43. The molecule has 0 aliphatic heterocycles. The Morgan fingerprint density at radius 2 is 1.70 bits per heavy atom. The molecule has 0 unspecified atom stereocenters. The van der Waals surface area contributed by atoms with E-state index < -0.39 is 35.6 Å². The van der Waals surface area contributed by atoms with E-state index in [4.69, 9.17) is 0 Å². The summed E-state index contributed by atoms with van der Waals surface area (Å²) in [5.41, 5.74) is -1.88. The van der Waals surface area contributed by atoms with Crippen LogP contribution in [0.25, 0.3) is 0 Å². The van der Waals surface area contributed by atoms with Gasteiger partial charge in [0.25, 0.3) is 5.60 Å². The van der Waals surface area contributed by atoms with E-state index in [2.05, 4.69) is 19.6 Å². The molecule has 4 atom stereocenters. The van der Waals surface area contributed by atoms with Crippen LogP contribution in [-0.4, -0.2) is 45.5 Å². The van der Waals surface area contributed by atoms with Gasteiger partial charge in [-0.1, -0.05) is 49.0 Å². The Morgan fingerprint density at radius 1 is 1.05 bits per heavy atom. The molecule has 0 amide bonds. The highest BCUT2D eigenvalue weighted by Crippen LogP contribution is 2.67. The van der Waals surface area contributed by atoms with Crippen LogP contribution in [0.4, 0.5) is 26.3 Å². The highest BCUT2D eigenvalue weighted by Gasteiger charge is 2.69. The maximum absolute atomic E-state index is 13.1. The predicted octanol–water partition coefficient (Wildman–Crippen LogP) is 6.63. The van der Waals surface area contributed by atoms with Gasteiger partial charge in [0.15, 0.2) is 0 Å². The summed E-state index contributed by atoms with van der Waals surface area (Å²) in [7, 11) is 0. The molecule has 3 nitrogen and oxygen atoms in total. The molecule has 0 saturated heterocycles. The summed E-state index contributed by atoms with van der Waals surface area (Å²) in [5.74, 6) is 0.170. The van der Waals surface area contributed by atoms with Gasteiger partial charge in [-0.3, -0.25) is 0 Å². The number of alkyl halides is 6. The molecule has 37 heavy (non-hydrogen) atoms. The molecule has 3 N–H and O–H groups in total. The standard InChI is InChI=1S/C28H34F6O3/c1-17-19(15-20(35)16-22(17)36)7-6-18-5-3-10-24(2)21(18)8-9-23(24)25(13-14-25)11-4-12-26(37,27(29,30)31)28(32,33)34/h4,6-7,9,12,20-22,35-37H,1,3,5,8,10-11,13-16H2,2H3/b12-4+,18-6+,19-7-/t20-,21+,22+,24+/m1/s1. The Labute approximate surface area is 212 Å². The highest BCUT2D eigenvalue weighted by molar-refractivity contribution is 5.42. The van der Waals surface area contributed by atoms with E-state index in [1.807, 2.05) is 12.2 Å². The van der Waals surface area contributed by atoms with Crippen LogP contribution >= 0.6 is 0 Å². The first-order chi connectivity index (χ1) is 17.0. The predicted molar refractivity (Wildman–Crippen MR) is 127 cm³/mol. The maximum atomic E-state index is 13.1. The Bertz CT molecular complexity index is 1030. The lowest BCUT2D eigenvalue weighted by molar-refractivity contribution is -0.347. The topological polar surface area (TPSA) is 60.7 Å². The van der Waals surface area contributed by atoms with Gasteiger partial charge in [0.1, 0.15) is 0 Å². The Balaban J connectivity index is 1.53. The molecule has 3 saturated carbocycles. The van der Waals surface area contributed by atoms with Gasteiger partial charge in [-0.2, -0.15) is 26.3 Å². The highest BCUT2D eigenvalue weighted by atomic mass is 19.4. The maximum Gasteiger partial charge on any atom is 0.429 e. The minimum absolute atomic E-state index is 0.00825. The van der Waals surface area contributed by atoms with E-state index in [-0.39, 0.29) is 30.3 Å². The zero-order chi connectivity index (χ0) is 27.4. The van der Waals surface area contributed by atoms with Crippen molar-refractivity contribution in [1.29, 1.82) is 0 Å². The molecular formula is C28H34F6O3. The molecule has 4 rings (SSSR count). The summed E-state index contributed by atoms with van der Waals surface area (Å²) >= 11 is 0. The third-order valence-corrected chi connectivity index (χ3v) is 8.97. The zero-order valence-corrected chi connectivity index (χ0v) is 20.8. The summed E-state index contributed by atoms with van der Waals surface area (Å²) in [4.78, 5) is 0. The van der Waals surface area contributed by atoms with Gasteiger partial charge in [-0.25, -0.2) is 0 Å². The lowest BCUT2D eigenvalue weighted by atomic mass is 9.61. The van der Waals surface area contributed by atoms with Crippen LogP contribution < -0.4 is 0 Å². The number of aliphatic hydroxyl groups is 3. The molecular weight excluding hydrogens is 498 g/mol. The third kappa shape index (κ3) is 4.99. The number of hydrogen-bond acceptors (Lipinski definition) is 3. The van der Waals surface area contributed by atoms with Crippen LogP contribution in [-0.2, 0) is 0 Å². The number of fused-ring (bicyclic) bond motifs is 1. The first kappa shape index (κ1) is 28.2. The van der Waals surface area contributed by atoms with E-state index in [1.54, 1.807) is 0 Å². The second-order valence-corrected chi connectivity index (χ2v) is 11.4. The van der Waals surface area contributed by atoms with Gasteiger partial charge in [0.2, 0.25) is 0 Å². The molecule has 9 heteroatoms. The number of allylic oxidation sites excluding steroid dienone is 6. The summed E-state index contributed by atoms with van der Waals surface area (Å²) in [6.07, 6.45) is -0.907. The fourth-order valence-electron chi connectivity index (χ4n) is 6.65. The van der Waals surface area contributed by atoms with Crippen molar-refractivity contribution in [3.8, 4) is 0 Å². The number of rotatable bonds is 5.